The number of nitrogens with one attached hydrogen (secondary N) is 1. The molecular formula is C16H21NO3. The van der Waals surface area contributed by atoms with Crippen LogP contribution in [0.1, 0.15) is 24.8 Å². The molecule has 4 heteroatoms. The first-order valence-electron chi connectivity index (χ1n) is 7.36. The highest BCUT2D eigenvalue weighted by molar-refractivity contribution is 5.67. The molecule has 1 aromatic rings. The number of aliphatic hydroxyl groups is 1. The Labute approximate surface area is 119 Å². The minimum absolute atomic E-state index is 0.0852. The van der Waals surface area contributed by atoms with Crippen molar-refractivity contribution in [1.82, 2.24) is 5.32 Å². The van der Waals surface area contributed by atoms with Crippen LogP contribution in [0.3, 0.4) is 0 Å². The molecule has 1 amide bonds. The van der Waals surface area contributed by atoms with E-state index in [9.17, 15) is 9.90 Å². The third-order valence-corrected chi connectivity index (χ3v) is 4.80. The van der Waals surface area contributed by atoms with Crippen LogP contribution in [0.2, 0.25) is 0 Å². The van der Waals surface area contributed by atoms with Crippen molar-refractivity contribution in [2.75, 3.05) is 6.61 Å². The first-order valence-corrected chi connectivity index (χ1v) is 7.36. The summed E-state index contributed by atoms with van der Waals surface area (Å²) in [6.07, 6.45) is 3.11. The number of benzene rings is 1. The van der Waals surface area contributed by atoms with Crippen molar-refractivity contribution in [1.29, 1.82) is 0 Å². The Morgan fingerprint density at radius 3 is 2.75 bits per heavy atom. The van der Waals surface area contributed by atoms with Crippen LogP contribution in [-0.4, -0.2) is 23.8 Å². The molecule has 2 saturated carbocycles. The monoisotopic (exact) mass is 275 g/mol. The van der Waals surface area contributed by atoms with Gasteiger partial charge in [-0.3, -0.25) is 0 Å². The number of rotatable bonds is 4. The number of hydrogen-bond donors (Lipinski definition) is 2. The maximum atomic E-state index is 11.9. The second-order valence-corrected chi connectivity index (χ2v) is 5.91. The summed E-state index contributed by atoms with van der Waals surface area (Å²) in [7, 11) is 0. The molecule has 0 radical (unpaired) electrons. The van der Waals surface area contributed by atoms with E-state index in [1.807, 2.05) is 30.3 Å². The fourth-order valence-electron chi connectivity index (χ4n) is 3.80. The Hall–Kier alpha value is -1.55. The lowest BCUT2D eigenvalue weighted by molar-refractivity contribution is 0.110. The number of fused-ring (bicyclic) bond motifs is 2. The Morgan fingerprint density at radius 2 is 2.00 bits per heavy atom. The minimum Gasteiger partial charge on any atom is -0.445 e. The van der Waals surface area contributed by atoms with Crippen LogP contribution in [0.25, 0.3) is 0 Å². The highest BCUT2D eigenvalue weighted by Gasteiger charge is 2.47. The van der Waals surface area contributed by atoms with Crippen molar-refractivity contribution < 1.29 is 14.6 Å². The number of aliphatic hydroxyl groups excluding tert-OH is 1. The maximum absolute atomic E-state index is 11.9. The van der Waals surface area contributed by atoms with E-state index < -0.39 is 0 Å². The highest BCUT2D eigenvalue weighted by atomic mass is 16.5. The second-order valence-electron chi connectivity index (χ2n) is 5.91. The molecular weight excluding hydrogens is 254 g/mol. The normalized spacial score (nSPS) is 31.2. The molecule has 4 nitrogen and oxygen atoms in total. The van der Waals surface area contributed by atoms with Crippen molar-refractivity contribution in [3.63, 3.8) is 0 Å². The molecule has 2 N–H and O–H groups in total. The largest absolute Gasteiger partial charge is 0.445 e. The SMILES string of the molecule is O=C(N[C@H]1[C@H]2CC[C@H](C2)[C@H]1CO)OCc1ccccc1. The molecule has 1 aromatic carbocycles. The summed E-state index contributed by atoms with van der Waals surface area (Å²) in [5.41, 5.74) is 0.981. The first-order chi connectivity index (χ1) is 9.78. The van der Waals surface area contributed by atoms with Gasteiger partial charge < -0.3 is 15.2 Å². The van der Waals surface area contributed by atoms with E-state index in [1.165, 1.54) is 6.42 Å². The van der Waals surface area contributed by atoms with Crippen LogP contribution in [-0.2, 0) is 11.3 Å². The zero-order chi connectivity index (χ0) is 13.9. The zero-order valence-electron chi connectivity index (χ0n) is 11.5. The van der Waals surface area contributed by atoms with Crippen molar-refractivity contribution in [3.05, 3.63) is 35.9 Å². The Bertz CT molecular complexity index is 462. The number of ether oxygens (including phenoxy) is 1. The van der Waals surface area contributed by atoms with E-state index in [0.29, 0.717) is 11.8 Å². The van der Waals surface area contributed by atoms with Crippen LogP contribution < -0.4 is 5.32 Å². The van der Waals surface area contributed by atoms with Crippen LogP contribution >= 0.6 is 0 Å². The number of carbonyl (C=O) groups is 1. The molecule has 0 heterocycles. The number of carbonyl (C=O) groups excluding carboxylic acids is 1. The lowest BCUT2D eigenvalue weighted by atomic mass is 9.85. The maximum Gasteiger partial charge on any atom is 0.407 e. The molecule has 108 valence electrons. The molecule has 2 aliphatic rings. The molecule has 2 bridgehead atoms. The molecule has 0 aromatic heterocycles. The third-order valence-electron chi connectivity index (χ3n) is 4.80. The van der Waals surface area contributed by atoms with Crippen molar-refractivity contribution in [2.24, 2.45) is 17.8 Å². The predicted molar refractivity (Wildman–Crippen MR) is 75.0 cm³/mol. The molecule has 3 rings (SSSR count). The van der Waals surface area contributed by atoms with Crippen LogP contribution in [0.4, 0.5) is 4.79 Å². The average Bonchev–Trinajstić information content (AvgIpc) is 3.07. The lowest BCUT2D eigenvalue weighted by Crippen LogP contribution is -2.45. The van der Waals surface area contributed by atoms with Crippen molar-refractivity contribution in [2.45, 2.75) is 31.9 Å². The van der Waals surface area contributed by atoms with E-state index >= 15 is 0 Å². The van der Waals surface area contributed by atoms with Gasteiger partial charge in [-0.25, -0.2) is 4.79 Å². The average molecular weight is 275 g/mol. The summed E-state index contributed by atoms with van der Waals surface area (Å²) in [5, 5.41) is 12.4. The fraction of sp³-hybridized carbons (Fsp3) is 0.562. The number of hydrogen-bond acceptors (Lipinski definition) is 3. The third kappa shape index (κ3) is 2.66. The fourth-order valence-corrected chi connectivity index (χ4v) is 3.80. The topological polar surface area (TPSA) is 58.6 Å². The van der Waals surface area contributed by atoms with Crippen molar-refractivity contribution in [3.8, 4) is 0 Å². The standard InChI is InChI=1S/C16H21NO3/c18-9-14-12-6-7-13(8-12)15(14)17-16(19)20-10-11-4-2-1-3-5-11/h1-5,12-15,18H,6-10H2,(H,17,19)/t12-,13+,14-,15+/m1/s1. The van der Waals surface area contributed by atoms with Crippen LogP contribution in [0, 0.1) is 17.8 Å². The van der Waals surface area contributed by atoms with Crippen LogP contribution in [0.15, 0.2) is 30.3 Å². The Kier molecular flexibility index (Phi) is 3.92. The summed E-state index contributed by atoms with van der Waals surface area (Å²) >= 11 is 0. The van der Waals surface area contributed by atoms with Gasteiger partial charge in [-0.15, -0.1) is 0 Å². The molecule has 2 fully saturated rings. The first kappa shape index (κ1) is 13.4. The van der Waals surface area contributed by atoms with Gasteiger partial charge in [0.25, 0.3) is 0 Å². The van der Waals surface area contributed by atoms with Gasteiger partial charge in [0.1, 0.15) is 6.61 Å². The summed E-state index contributed by atoms with van der Waals surface area (Å²) in [4.78, 5) is 11.9. The van der Waals surface area contributed by atoms with Gasteiger partial charge >= 0.3 is 6.09 Å². The summed E-state index contributed by atoms with van der Waals surface area (Å²) in [6, 6.07) is 9.73. The Morgan fingerprint density at radius 1 is 1.25 bits per heavy atom. The summed E-state index contributed by atoms with van der Waals surface area (Å²) in [5.74, 6) is 1.30. The molecule has 20 heavy (non-hydrogen) atoms. The molecule has 0 aliphatic heterocycles. The molecule has 4 atom stereocenters. The van der Waals surface area contributed by atoms with Gasteiger partial charge in [0.05, 0.1) is 0 Å². The molecule has 0 saturated heterocycles. The van der Waals surface area contributed by atoms with Gasteiger partial charge in [0, 0.05) is 18.6 Å². The highest BCUT2D eigenvalue weighted by Crippen LogP contribution is 2.48. The van der Waals surface area contributed by atoms with E-state index in [0.717, 1.165) is 18.4 Å². The van der Waals surface area contributed by atoms with Crippen molar-refractivity contribution >= 4 is 6.09 Å². The Balaban J connectivity index is 1.51. The molecule has 2 aliphatic carbocycles. The van der Waals surface area contributed by atoms with E-state index in [2.05, 4.69) is 5.32 Å². The predicted octanol–water partition coefficient (Wildman–Crippen LogP) is 2.32. The van der Waals surface area contributed by atoms with Gasteiger partial charge in [-0.1, -0.05) is 30.3 Å². The molecule has 0 unspecified atom stereocenters. The van der Waals surface area contributed by atoms with E-state index in [-0.39, 0.29) is 31.3 Å². The lowest BCUT2D eigenvalue weighted by Gasteiger charge is -2.30. The zero-order valence-corrected chi connectivity index (χ0v) is 11.5. The van der Waals surface area contributed by atoms with Gasteiger partial charge in [-0.05, 0) is 36.7 Å². The smallest absolute Gasteiger partial charge is 0.407 e. The number of amides is 1. The van der Waals surface area contributed by atoms with E-state index in [4.69, 9.17) is 4.74 Å². The van der Waals surface area contributed by atoms with Gasteiger partial charge in [0.15, 0.2) is 0 Å². The summed E-state index contributed by atoms with van der Waals surface area (Å²) < 4.78 is 5.26. The summed E-state index contributed by atoms with van der Waals surface area (Å²) in [6.45, 7) is 0.447. The van der Waals surface area contributed by atoms with Crippen LogP contribution in [0.5, 0.6) is 0 Å². The number of alkyl carbamates (subject to hydrolysis) is 1. The molecule has 0 spiro atoms. The van der Waals surface area contributed by atoms with Gasteiger partial charge in [0.2, 0.25) is 0 Å². The minimum atomic E-state index is -0.371. The quantitative estimate of drug-likeness (QED) is 0.886. The second kappa shape index (κ2) is 5.83. The van der Waals surface area contributed by atoms with Gasteiger partial charge in [-0.2, -0.15) is 0 Å². The van der Waals surface area contributed by atoms with E-state index in [1.54, 1.807) is 0 Å².